The highest BCUT2D eigenvalue weighted by Gasteiger charge is 2.34. The second-order valence-corrected chi connectivity index (χ2v) is 14.3. The van der Waals surface area contributed by atoms with Gasteiger partial charge in [0.25, 0.3) is 5.91 Å². The molecular formula is C31H41FN8O4S. The van der Waals surface area contributed by atoms with Gasteiger partial charge in [0.1, 0.15) is 11.5 Å². The average Bonchev–Trinajstić information content (AvgIpc) is 3.39. The molecule has 14 heteroatoms. The van der Waals surface area contributed by atoms with E-state index in [1.165, 1.54) is 16.4 Å². The number of benzene rings is 1. The van der Waals surface area contributed by atoms with E-state index >= 15 is 0 Å². The fraction of sp³-hybridized carbons (Fsp3) is 0.581. The Balaban J connectivity index is 1.28. The lowest BCUT2D eigenvalue weighted by molar-refractivity contribution is 0.0115. The van der Waals surface area contributed by atoms with Crippen LogP contribution in [0.3, 0.4) is 0 Å². The van der Waals surface area contributed by atoms with Gasteiger partial charge in [-0.2, -0.15) is 17.8 Å². The van der Waals surface area contributed by atoms with E-state index in [9.17, 15) is 17.6 Å². The van der Waals surface area contributed by atoms with Gasteiger partial charge in [0, 0.05) is 64.3 Å². The largest absolute Gasteiger partial charge is 0.379 e. The number of piperazine rings is 1. The predicted molar refractivity (Wildman–Crippen MR) is 168 cm³/mol. The molecule has 4 fully saturated rings. The number of aromatic nitrogens is 3. The number of fused-ring (bicyclic) bond motifs is 1. The van der Waals surface area contributed by atoms with Crippen LogP contribution in [0.2, 0.25) is 0 Å². The summed E-state index contributed by atoms with van der Waals surface area (Å²) in [5, 5.41) is 5.91. The van der Waals surface area contributed by atoms with Gasteiger partial charge in [0.05, 0.1) is 35.7 Å². The van der Waals surface area contributed by atoms with Crippen molar-refractivity contribution in [3.05, 3.63) is 47.5 Å². The summed E-state index contributed by atoms with van der Waals surface area (Å²) in [6, 6.07) is 8.25. The smallest absolute Gasteiger partial charge is 0.304 e. The van der Waals surface area contributed by atoms with E-state index < -0.39 is 16.1 Å². The molecule has 2 aromatic heterocycles. The number of anilines is 1. The van der Waals surface area contributed by atoms with Crippen molar-refractivity contribution in [3.8, 4) is 5.69 Å². The van der Waals surface area contributed by atoms with Crippen LogP contribution >= 0.6 is 0 Å². The molecule has 0 spiro atoms. The first-order valence-electron chi connectivity index (χ1n) is 16.0. The first-order valence-corrected chi connectivity index (χ1v) is 17.5. The number of nitrogens with one attached hydrogen (secondary N) is 1. The van der Waals surface area contributed by atoms with Gasteiger partial charge in [-0.25, -0.2) is 18.8 Å². The Kier molecular flexibility index (Phi) is 8.50. The number of halogens is 1. The molecule has 3 aliphatic heterocycles. The Morgan fingerprint density at radius 1 is 0.956 bits per heavy atom. The van der Waals surface area contributed by atoms with Crippen molar-refractivity contribution in [3.63, 3.8) is 0 Å². The maximum absolute atomic E-state index is 13.9. The Labute approximate surface area is 263 Å². The Morgan fingerprint density at radius 2 is 1.64 bits per heavy atom. The van der Waals surface area contributed by atoms with Crippen LogP contribution in [0.15, 0.2) is 30.3 Å². The number of nitrogens with zero attached hydrogens (tertiary/aromatic N) is 7. The van der Waals surface area contributed by atoms with E-state index in [4.69, 9.17) is 14.8 Å². The lowest BCUT2D eigenvalue weighted by Gasteiger charge is -2.41. The van der Waals surface area contributed by atoms with E-state index in [2.05, 4.69) is 14.5 Å². The number of amides is 1. The molecule has 12 nitrogen and oxygen atoms in total. The van der Waals surface area contributed by atoms with Crippen LogP contribution in [0, 0.1) is 5.82 Å². The minimum absolute atomic E-state index is 0.00827. The maximum Gasteiger partial charge on any atom is 0.304 e. The van der Waals surface area contributed by atoms with Crippen molar-refractivity contribution in [2.24, 2.45) is 0 Å². The molecule has 7 rings (SSSR count). The Hall–Kier alpha value is -3.17. The van der Waals surface area contributed by atoms with Crippen LogP contribution in [0.25, 0.3) is 16.7 Å². The third-order valence-corrected chi connectivity index (χ3v) is 11.3. The highest BCUT2D eigenvalue weighted by atomic mass is 32.2. The van der Waals surface area contributed by atoms with Crippen LogP contribution in [0.5, 0.6) is 0 Å². The van der Waals surface area contributed by atoms with Crippen LogP contribution in [0.1, 0.15) is 54.2 Å². The number of pyridine rings is 1. The summed E-state index contributed by atoms with van der Waals surface area (Å²) in [4.78, 5) is 25.3. The molecule has 1 amide bonds. The summed E-state index contributed by atoms with van der Waals surface area (Å²) in [5.41, 5.74) is 2.87. The van der Waals surface area contributed by atoms with E-state index in [1.54, 1.807) is 22.9 Å². The van der Waals surface area contributed by atoms with E-state index in [0.29, 0.717) is 43.6 Å². The number of rotatable bonds is 7. The molecule has 1 aliphatic carbocycles. The highest BCUT2D eigenvalue weighted by Crippen LogP contribution is 2.43. The molecule has 3 saturated heterocycles. The number of hydrogen-bond donors (Lipinski definition) is 1. The summed E-state index contributed by atoms with van der Waals surface area (Å²) in [6.07, 6.45) is 5.08. The standard InChI is InChI=1S/C31H41FN8O4S/c1-36-13-15-39(16-14-36)45(42,43)35-31(41)26-21-27(38-11-9-24(10-12-38)37-17-19-44-20-18-37)28-29(22-3-2-4-22)34-40(30(28)33-26)25-7-5-23(32)6-8-25/h5-8,21-22,24H,2-4,9-20H2,1H3,(H,35,41). The van der Waals surface area contributed by atoms with Crippen LogP contribution in [-0.4, -0.2) is 122 Å². The monoisotopic (exact) mass is 640 g/mol. The van der Waals surface area contributed by atoms with Crippen molar-refractivity contribution < 1.29 is 22.3 Å². The number of morpholine rings is 1. The minimum Gasteiger partial charge on any atom is -0.379 e. The molecule has 1 N–H and O–H groups in total. The maximum atomic E-state index is 13.9. The fourth-order valence-corrected chi connectivity index (χ4v) is 8.01. The molecule has 0 bridgehead atoms. The third kappa shape index (κ3) is 6.18. The number of piperidine rings is 1. The minimum atomic E-state index is -4.06. The van der Waals surface area contributed by atoms with Gasteiger partial charge in [0.2, 0.25) is 0 Å². The zero-order valence-electron chi connectivity index (χ0n) is 25.7. The zero-order valence-corrected chi connectivity index (χ0v) is 26.5. The molecule has 3 aromatic rings. The SMILES string of the molecule is CN1CCN(S(=O)(=O)NC(=O)c2cc(N3CCC(N4CCOCC4)CC3)c3c(C4CCC4)nn(-c4ccc(F)cc4)c3n2)CC1. The molecule has 1 saturated carbocycles. The summed E-state index contributed by atoms with van der Waals surface area (Å²) < 4.78 is 51.2. The van der Waals surface area contributed by atoms with E-state index in [-0.39, 0.29) is 17.4 Å². The second kappa shape index (κ2) is 12.6. The van der Waals surface area contributed by atoms with E-state index in [1.807, 2.05) is 11.9 Å². The van der Waals surface area contributed by atoms with Gasteiger partial charge >= 0.3 is 10.2 Å². The molecule has 45 heavy (non-hydrogen) atoms. The van der Waals surface area contributed by atoms with Gasteiger partial charge in [0.15, 0.2) is 5.65 Å². The fourth-order valence-electron chi connectivity index (χ4n) is 6.90. The van der Waals surface area contributed by atoms with Crippen LogP contribution in [-0.2, 0) is 14.9 Å². The molecule has 0 unspecified atom stereocenters. The quantitative estimate of drug-likeness (QED) is 0.416. The van der Waals surface area contributed by atoms with Gasteiger partial charge in [-0.1, -0.05) is 6.42 Å². The molecule has 4 aliphatic rings. The Morgan fingerprint density at radius 3 is 2.29 bits per heavy atom. The highest BCUT2D eigenvalue weighted by molar-refractivity contribution is 7.87. The van der Waals surface area contributed by atoms with Gasteiger partial charge < -0.3 is 14.5 Å². The number of carbonyl (C=O) groups is 1. The van der Waals surface area contributed by atoms with Crippen molar-refractivity contribution in [1.82, 2.24) is 33.6 Å². The zero-order chi connectivity index (χ0) is 31.1. The lowest BCUT2D eigenvalue weighted by atomic mass is 9.82. The van der Waals surface area contributed by atoms with Gasteiger partial charge in [-0.05, 0) is 63.1 Å². The molecule has 5 heterocycles. The summed E-state index contributed by atoms with van der Waals surface area (Å²) >= 11 is 0. The average molecular weight is 641 g/mol. The topological polar surface area (TPSA) is 116 Å². The lowest BCUT2D eigenvalue weighted by Crippen LogP contribution is -2.52. The normalized spacial score (nSPS) is 21.7. The Bertz CT molecular complexity index is 1640. The number of hydrogen-bond acceptors (Lipinski definition) is 9. The third-order valence-electron chi connectivity index (χ3n) is 9.83. The molecule has 242 valence electrons. The first kappa shape index (κ1) is 30.5. The molecular weight excluding hydrogens is 599 g/mol. The van der Waals surface area contributed by atoms with Crippen molar-refractivity contribution in [1.29, 1.82) is 0 Å². The summed E-state index contributed by atoms with van der Waals surface area (Å²) in [7, 11) is -2.12. The molecule has 0 atom stereocenters. The van der Waals surface area contributed by atoms with Gasteiger partial charge in [-0.15, -0.1) is 0 Å². The summed E-state index contributed by atoms with van der Waals surface area (Å²) in [6.45, 7) is 6.74. The molecule has 0 radical (unpaired) electrons. The number of carbonyl (C=O) groups excluding carboxylic acids is 1. The number of ether oxygens (including phenoxy) is 1. The van der Waals surface area contributed by atoms with E-state index in [0.717, 1.165) is 88.3 Å². The second-order valence-electron chi connectivity index (χ2n) is 12.6. The van der Waals surface area contributed by atoms with Gasteiger partial charge in [-0.3, -0.25) is 9.69 Å². The predicted octanol–water partition coefficient (Wildman–Crippen LogP) is 2.35. The number of likely N-dealkylation sites (N-methyl/N-ethyl adjacent to an activating group) is 1. The van der Waals surface area contributed by atoms with Crippen molar-refractivity contribution in [2.45, 2.75) is 44.1 Å². The summed E-state index contributed by atoms with van der Waals surface area (Å²) in [5.74, 6) is -0.879. The van der Waals surface area contributed by atoms with Crippen LogP contribution < -0.4 is 9.62 Å². The van der Waals surface area contributed by atoms with Crippen LogP contribution in [0.4, 0.5) is 10.1 Å². The van der Waals surface area contributed by atoms with Crippen molar-refractivity contribution >= 4 is 32.8 Å². The molecule has 1 aromatic carbocycles. The van der Waals surface area contributed by atoms with Crippen molar-refractivity contribution in [2.75, 3.05) is 77.5 Å². The first-order chi connectivity index (χ1) is 21.8.